The zero-order valence-electron chi connectivity index (χ0n) is 23.6. The smallest absolute Gasteiger partial charge is 0.264 e. The number of ether oxygens (including phenoxy) is 1. The number of halogens is 2. The summed E-state index contributed by atoms with van der Waals surface area (Å²) in [5, 5.41) is 3.01. The van der Waals surface area contributed by atoms with Crippen LogP contribution in [0.4, 0.5) is 5.69 Å². The molecule has 4 rings (SSSR count). The van der Waals surface area contributed by atoms with Crippen LogP contribution in [-0.2, 0) is 32.6 Å². The van der Waals surface area contributed by atoms with Gasteiger partial charge in [-0.1, -0.05) is 83.9 Å². The molecule has 0 aromatic heterocycles. The second-order valence-electron chi connectivity index (χ2n) is 9.61. The maximum atomic E-state index is 14.3. The average molecular weight is 641 g/mol. The lowest BCUT2D eigenvalue weighted by Gasteiger charge is -2.33. The topological polar surface area (TPSA) is 96.0 Å². The molecule has 0 aliphatic carbocycles. The lowest BCUT2D eigenvalue weighted by molar-refractivity contribution is -0.139. The van der Waals surface area contributed by atoms with Gasteiger partial charge in [-0.25, -0.2) is 8.42 Å². The van der Waals surface area contributed by atoms with Crippen LogP contribution in [0.25, 0.3) is 0 Å². The van der Waals surface area contributed by atoms with Gasteiger partial charge in [0.25, 0.3) is 10.0 Å². The van der Waals surface area contributed by atoms with Crippen LogP contribution in [-0.4, -0.2) is 51.9 Å². The summed E-state index contributed by atoms with van der Waals surface area (Å²) in [5.41, 5.74) is 1.59. The Morgan fingerprint density at radius 2 is 1.51 bits per heavy atom. The van der Waals surface area contributed by atoms with E-state index in [-0.39, 0.29) is 28.6 Å². The molecular formula is C32H31Cl2N3O5S. The number of likely N-dealkylation sites (N-methyl/N-ethyl adjacent to an activating group) is 1. The fourth-order valence-corrected chi connectivity index (χ4v) is 6.62. The van der Waals surface area contributed by atoms with Gasteiger partial charge in [-0.15, -0.1) is 0 Å². The number of methoxy groups -OCH3 is 1. The minimum absolute atomic E-state index is 0.00846. The van der Waals surface area contributed by atoms with Gasteiger partial charge in [0.2, 0.25) is 11.8 Å². The van der Waals surface area contributed by atoms with Crippen molar-refractivity contribution in [1.29, 1.82) is 0 Å². The largest absolute Gasteiger partial charge is 0.497 e. The third-order valence-corrected chi connectivity index (χ3v) is 9.10. The standard InChI is InChI=1S/C32H31Cl2N3O5S/c1-35-32(39)30(19-23-10-5-3-6-11-23)36(21-24-12-9-13-26(18-24)42-2)31(38)22-37(29-17-16-25(33)20-28(29)34)43(40,41)27-14-7-4-8-15-27/h3-18,20,30H,19,21-22H2,1-2H3,(H,35,39)/t30-/m1/s1. The molecule has 0 bridgehead atoms. The summed E-state index contributed by atoms with van der Waals surface area (Å²) < 4.78 is 34.3. The maximum absolute atomic E-state index is 14.3. The van der Waals surface area contributed by atoms with Gasteiger partial charge in [-0.3, -0.25) is 13.9 Å². The highest BCUT2D eigenvalue weighted by Crippen LogP contribution is 2.33. The zero-order valence-corrected chi connectivity index (χ0v) is 25.9. The number of hydrogen-bond acceptors (Lipinski definition) is 5. The second kappa shape index (κ2) is 14.4. The molecular weight excluding hydrogens is 609 g/mol. The summed E-state index contributed by atoms with van der Waals surface area (Å²) in [5.74, 6) is -0.439. The van der Waals surface area contributed by atoms with Crippen molar-refractivity contribution in [2.75, 3.05) is 25.0 Å². The lowest BCUT2D eigenvalue weighted by atomic mass is 10.0. The van der Waals surface area contributed by atoms with Crippen molar-refractivity contribution in [2.45, 2.75) is 23.9 Å². The lowest BCUT2D eigenvalue weighted by Crippen LogP contribution is -2.53. The van der Waals surface area contributed by atoms with Crippen LogP contribution in [0.15, 0.2) is 108 Å². The third kappa shape index (κ3) is 7.87. The second-order valence-corrected chi connectivity index (χ2v) is 12.3. The quantitative estimate of drug-likeness (QED) is 0.218. The molecule has 0 fully saturated rings. The Morgan fingerprint density at radius 3 is 2.14 bits per heavy atom. The van der Waals surface area contributed by atoms with Gasteiger partial charge in [0.1, 0.15) is 18.3 Å². The van der Waals surface area contributed by atoms with E-state index in [4.69, 9.17) is 27.9 Å². The minimum atomic E-state index is -4.27. The van der Waals surface area contributed by atoms with E-state index in [1.165, 1.54) is 49.4 Å². The average Bonchev–Trinajstić information content (AvgIpc) is 3.02. The van der Waals surface area contributed by atoms with E-state index in [1.807, 2.05) is 30.3 Å². The Morgan fingerprint density at radius 1 is 0.860 bits per heavy atom. The van der Waals surface area contributed by atoms with E-state index in [1.54, 1.807) is 42.5 Å². The zero-order chi connectivity index (χ0) is 31.0. The van der Waals surface area contributed by atoms with Crippen molar-refractivity contribution in [3.8, 4) is 5.75 Å². The number of nitrogens with one attached hydrogen (secondary N) is 1. The molecule has 0 aliphatic heterocycles. The van der Waals surface area contributed by atoms with Crippen molar-refractivity contribution >= 4 is 50.7 Å². The summed E-state index contributed by atoms with van der Waals surface area (Å²) in [6.07, 6.45) is 0.198. The molecule has 11 heteroatoms. The fraction of sp³-hybridized carbons (Fsp3) is 0.188. The Bertz CT molecular complexity index is 1670. The predicted octanol–water partition coefficient (Wildman–Crippen LogP) is 5.58. The van der Waals surface area contributed by atoms with Crippen LogP contribution in [0.3, 0.4) is 0 Å². The molecule has 43 heavy (non-hydrogen) atoms. The van der Waals surface area contributed by atoms with Crippen molar-refractivity contribution in [2.24, 2.45) is 0 Å². The number of sulfonamides is 1. The number of carbonyl (C=O) groups is 2. The highest BCUT2D eigenvalue weighted by Gasteiger charge is 2.35. The van der Waals surface area contributed by atoms with Crippen molar-refractivity contribution in [3.05, 3.63) is 124 Å². The van der Waals surface area contributed by atoms with Gasteiger partial charge in [-0.2, -0.15) is 0 Å². The Labute approximate surface area is 261 Å². The first-order valence-electron chi connectivity index (χ1n) is 13.3. The molecule has 0 unspecified atom stereocenters. The van der Waals surface area contributed by atoms with E-state index < -0.39 is 34.4 Å². The number of carbonyl (C=O) groups excluding carboxylic acids is 2. The number of benzene rings is 4. The van der Waals surface area contributed by atoms with Crippen LogP contribution in [0.1, 0.15) is 11.1 Å². The summed E-state index contributed by atoms with van der Waals surface area (Å²) in [4.78, 5) is 29.0. The molecule has 1 atom stereocenters. The SMILES string of the molecule is CNC(=O)[C@@H](Cc1ccccc1)N(Cc1cccc(OC)c1)C(=O)CN(c1ccc(Cl)cc1Cl)S(=O)(=O)c1ccccc1. The molecule has 4 aromatic rings. The molecule has 8 nitrogen and oxygen atoms in total. The van der Waals surface area contributed by atoms with Gasteiger partial charge in [-0.05, 0) is 53.6 Å². The van der Waals surface area contributed by atoms with E-state index in [0.717, 1.165) is 9.87 Å². The molecule has 0 saturated heterocycles. The molecule has 1 N–H and O–H groups in total. The van der Waals surface area contributed by atoms with Gasteiger partial charge >= 0.3 is 0 Å². The highest BCUT2D eigenvalue weighted by atomic mass is 35.5. The maximum Gasteiger partial charge on any atom is 0.264 e. The highest BCUT2D eigenvalue weighted by molar-refractivity contribution is 7.92. The Kier molecular flexibility index (Phi) is 10.7. The Hall–Kier alpha value is -4.05. The summed E-state index contributed by atoms with van der Waals surface area (Å²) >= 11 is 12.6. The number of hydrogen-bond donors (Lipinski definition) is 1. The number of anilines is 1. The van der Waals surface area contributed by atoms with E-state index in [9.17, 15) is 18.0 Å². The normalized spacial score (nSPS) is 11.8. The van der Waals surface area contributed by atoms with Crippen LogP contribution in [0.2, 0.25) is 10.0 Å². The first kappa shape index (κ1) is 31.9. The number of amides is 2. The Balaban J connectivity index is 1.81. The molecule has 0 spiro atoms. The molecule has 224 valence electrons. The minimum Gasteiger partial charge on any atom is -0.497 e. The first-order valence-corrected chi connectivity index (χ1v) is 15.5. The molecule has 0 heterocycles. The molecule has 0 saturated carbocycles. The molecule has 0 radical (unpaired) electrons. The van der Waals surface area contributed by atoms with Crippen LogP contribution >= 0.6 is 23.2 Å². The number of nitrogens with zero attached hydrogens (tertiary/aromatic N) is 2. The van der Waals surface area contributed by atoms with Crippen LogP contribution in [0.5, 0.6) is 5.75 Å². The molecule has 2 amide bonds. The van der Waals surface area contributed by atoms with E-state index >= 15 is 0 Å². The summed E-state index contributed by atoms with van der Waals surface area (Å²) in [7, 11) is -1.25. The van der Waals surface area contributed by atoms with Gasteiger partial charge in [0.05, 0.1) is 22.7 Å². The van der Waals surface area contributed by atoms with Crippen LogP contribution in [0, 0.1) is 0 Å². The van der Waals surface area contributed by atoms with Gasteiger partial charge < -0.3 is 15.0 Å². The fourth-order valence-electron chi connectivity index (χ4n) is 4.60. The number of rotatable bonds is 12. The third-order valence-electron chi connectivity index (χ3n) is 6.79. The summed E-state index contributed by atoms with van der Waals surface area (Å²) in [6, 6.07) is 27.5. The van der Waals surface area contributed by atoms with Gasteiger partial charge in [0.15, 0.2) is 0 Å². The monoisotopic (exact) mass is 639 g/mol. The van der Waals surface area contributed by atoms with Crippen molar-refractivity contribution in [1.82, 2.24) is 10.2 Å². The molecule has 4 aromatic carbocycles. The summed E-state index contributed by atoms with van der Waals surface area (Å²) in [6.45, 7) is -0.626. The van der Waals surface area contributed by atoms with Crippen molar-refractivity contribution < 1.29 is 22.7 Å². The van der Waals surface area contributed by atoms with Crippen molar-refractivity contribution in [3.63, 3.8) is 0 Å². The van der Waals surface area contributed by atoms with Gasteiger partial charge in [0, 0.05) is 25.0 Å². The predicted molar refractivity (Wildman–Crippen MR) is 169 cm³/mol. The first-order chi connectivity index (χ1) is 20.6. The molecule has 0 aliphatic rings. The van der Waals surface area contributed by atoms with E-state index in [2.05, 4.69) is 5.32 Å². The van der Waals surface area contributed by atoms with Crippen LogP contribution < -0.4 is 14.4 Å². The van der Waals surface area contributed by atoms with E-state index in [0.29, 0.717) is 16.3 Å².